The van der Waals surface area contributed by atoms with Gasteiger partial charge in [0.15, 0.2) is 5.82 Å². The molecule has 18 heteroatoms. The number of ether oxygens (including phenoxy) is 1. The highest BCUT2D eigenvalue weighted by Gasteiger charge is 2.44. The molecule has 0 aliphatic carbocycles. The highest BCUT2D eigenvalue weighted by molar-refractivity contribution is 7.13. The van der Waals surface area contributed by atoms with Crippen molar-refractivity contribution in [1.29, 1.82) is 0 Å². The van der Waals surface area contributed by atoms with Crippen molar-refractivity contribution in [3.8, 4) is 10.4 Å². The summed E-state index contributed by atoms with van der Waals surface area (Å²) in [6.07, 6.45) is 13.2. The fraction of sp³-hybridized carbons (Fsp3) is 0.515. The lowest BCUT2D eigenvalue weighted by Gasteiger charge is -2.36. The summed E-state index contributed by atoms with van der Waals surface area (Å²) >= 11 is 1.59. The number of hydrogen-bond donors (Lipinski definition) is 5. The number of amides is 3. The standard InChI is InChI=1S/C66H85F2N9O6S/c1-44-61(84-43-70-44)48-19-16-45(17-20-48)41-69-64(81)60-40-54(79)42-77(60)65(82)57(66(2,3)4)39-53(78)15-13-11-9-7-5-6-8-10-12-14-26-75-27-29-76(30-28-75)52-21-22-55(59(38-52)71-51-24-31-83-32-25-51)63(80)72-62-56-36-46(18-23-58(56)73-74-62)33-47-34-49(67)37-50(68)35-47/h16-23,34-38,43,51,54,57,60,71,79H,5-15,24-33,39-42H2,1-4H3,(H,69,81)(H2,72,73,74,80)/t54-,57-,60+/m1/s1. The van der Waals surface area contributed by atoms with Crippen molar-refractivity contribution in [2.24, 2.45) is 11.3 Å². The van der Waals surface area contributed by atoms with E-state index in [2.05, 4.69) is 47.0 Å². The number of fused-ring (bicyclic) bond motifs is 1. The molecule has 0 bridgehead atoms. The maximum Gasteiger partial charge on any atom is 0.258 e. The number of aromatic nitrogens is 3. The van der Waals surface area contributed by atoms with E-state index in [1.54, 1.807) is 11.3 Å². The number of nitrogens with one attached hydrogen (secondary N) is 4. The number of aliphatic hydroxyl groups excluding tert-OH is 1. The predicted octanol–water partition coefficient (Wildman–Crippen LogP) is 12.0. The topological polar surface area (TPSA) is 185 Å². The van der Waals surface area contributed by atoms with Crippen LogP contribution in [0.1, 0.15) is 150 Å². The van der Waals surface area contributed by atoms with Crippen LogP contribution in [0, 0.1) is 29.9 Å². The van der Waals surface area contributed by atoms with Gasteiger partial charge in [-0.1, -0.05) is 102 Å². The van der Waals surface area contributed by atoms with Gasteiger partial charge in [0.2, 0.25) is 11.8 Å². The molecule has 4 aromatic carbocycles. The van der Waals surface area contributed by atoms with E-state index in [4.69, 9.17) is 4.74 Å². The first-order valence-corrected chi connectivity index (χ1v) is 31.4. The number of ketones is 1. The summed E-state index contributed by atoms with van der Waals surface area (Å²) < 4.78 is 33.5. The Morgan fingerprint density at radius 2 is 1.49 bits per heavy atom. The molecule has 0 radical (unpaired) electrons. The van der Waals surface area contributed by atoms with E-state index in [0.717, 1.165) is 121 Å². The summed E-state index contributed by atoms with van der Waals surface area (Å²) in [5, 5.41) is 28.5. The molecule has 2 aromatic heterocycles. The lowest BCUT2D eigenvalue weighted by atomic mass is 9.76. The van der Waals surface area contributed by atoms with Crippen LogP contribution in [0.2, 0.25) is 0 Å². The molecule has 3 aliphatic rings. The van der Waals surface area contributed by atoms with E-state index in [-0.39, 0.29) is 48.9 Å². The number of unbranched alkanes of at least 4 members (excludes halogenated alkanes) is 9. The number of hydrogen-bond acceptors (Lipinski definition) is 12. The first kappa shape index (κ1) is 61.9. The SMILES string of the molecule is Cc1ncsc1-c1ccc(CNC(=O)[C@@H]2C[C@@H](O)CN2C(=O)[C@@H](CC(=O)CCCCCCCCCCCCN2CCN(c3ccc(C(=O)Nc4n[nH]c5ccc(Cc6cc(F)cc(F)c6)cc45)c(NC4CCOCC4)c3)CC2)C(C)(C)C)cc1. The van der Waals surface area contributed by atoms with Gasteiger partial charge >= 0.3 is 0 Å². The number of likely N-dealkylation sites (tertiary alicyclic amines) is 1. The second kappa shape index (κ2) is 29.5. The lowest BCUT2D eigenvalue weighted by Crippen LogP contribution is -2.50. The van der Waals surface area contributed by atoms with Crippen LogP contribution in [-0.4, -0.2) is 124 Å². The Bertz CT molecular complexity index is 3150. The summed E-state index contributed by atoms with van der Waals surface area (Å²) in [6, 6.07) is 22.5. The van der Waals surface area contributed by atoms with Gasteiger partial charge in [0.1, 0.15) is 23.5 Å². The summed E-state index contributed by atoms with van der Waals surface area (Å²) in [5.74, 6) is -2.21. The molecule has 15 nitrogen and oxygen atoms in total. The first-order valence-electron chi connectivity index (χ1n) is 30.5. The van der Waals surface area contributed by atoms with Gasteiger partial charge in [-0.15, -0.1) is 11.3 Å². The molecular weight excluding hydrogens is 1080 g/mol. The maximum atomic E-state index is 14.1. The average molecular weight is 1170 g/mol. The van der Waals surface area contributed by atoms with Crippen LogP contribution in [0.4, 0.5) is 26.0 Å². The van der Waals surface area contributed by atoms with Crippen LogP contribution in [0.25, 0.3) is 21.3 Å². The number of anilines is 3. The molecule has 450 valence electrons. The zero-order valence-electron chi connectivity index (χ0n) is 49.5. The van der Waals surface area contributed by atoms with Gasteiger partial charge in [-0.05, 0) is 116 Å². The summed E-state index contributed by atoms with van der Waals surface area (Å²) in [6.45, 7) is 14.4. The van der Waals surface area contributed by atoms with Gasteiger partial charge in [0.25, 0.3) is 5.91 Å². The summed E-state index contributed by atoms with van der Waals surface area (Å²) in [4.78, 5) is 67.0. The number of aromatic amines is 1. The van der Waals surface area contributed by atoms with E-state index in [1.165, 1.54) is 55.6 Å². The lowest BCUT2D eigenvalue weighted by molar-refractivity contribution is -0.146. The molecular formula is C66H85F2N9O6S. The molecule has 3 amide bonds. The fourth-order valence-corrected chi connectivity index (χ4v) is 12.9. The third kappa shape index (κ3) is 17.1. The van der Waals surface area contributed by atoms with Gasteiger partial charge in [-0.3, -0.25) is 29.2 Å². The minimum Gasteiger partial charge on any atom is -0.391 e. The predicted molar refractivity (Wildman–Crippen MR) is 329 cm³/mol. The third-order valence-corrected chi connectivity index (χ3v) is 18.0. The zero-order chi connectivity index (χ0) is 59.2. The van der Waals surface area contributed by atoms with E-state index >= 15 is 0 Å². The number of rotatable bonds is 27. The molecule has 9 rings (SSSR count). The van der Waals surface area contributed by atoms with Crippen molar-refractivity contribution in [2.75, 3.05) is 68.0 Å². The van der Waals surface area contributed by atoms with Crippen LogP contribution >= 0.6 is 11.3 Å². The Balaban J connectivity index is 0.644. The van der Waals surface area contributed by atoms with Crippen molar-refractivity contribution in [3.05, 3.63) is 124 Å². The molecule has 84 heavy (non-hydrogen) atoms. The average Bonchev–Trinajstić information content (AvgIpc) is 3.34. The van der Waals surface area contributed by atoms with Crippen LogP contribution in [-0.2, 0) is 32.1 Å². The molecule has 0 spiro atoms. The van der Waals surface area contributed by atoms with E-state index in [1.807, 2.05) is 87.8 Å². The number of Topliss-reactive ketones (excluding diaryl/α,β-unsaturated/α-hetero) is 1. The maximum absolute atomic E-state index is 14.1. The van der Waals surface area contributed by atoms with Crippen LogP contribution in [0.15, 0.2) is 84.4 Å². The number of thiazole rings is 1. The van der Waals surface area contributed by atoms with Gasteiger partial charge in [-0.2, -0.15) is 5.10 Å². The number of carbonyl (C=O) groups excluding carboxylic acids is 4. The Morgan fingerprint density at radius 3 is 2.17 bits per heavy atom. The van der Waals surface area contributed by atoms with Gasteiger partial charge in [-0.25, -0.2) is 13.8 Å². The van der Waals surface area contributed by atoms with Crippen molar-refractivity contribution < 1.29 is 37.8 Å². The number of halogens is 2. The van der Waals surface area contributed by atoms with Crippen molar-refractivity contribution in [1.82, 2.24) is 30.3 Å². The summed E-state index contributed by atoms with van der Waals surface area (Å²) in [5.41, 5.74) is 8.76. The summed E-state index contributed by atoms with van der Waals surface area (Å²) in [7, 11) is 0. The van der Waals surface area contributed by atoms with Gasteiger partial charge in [0, 0.05) is 107 Å². The molecule has 0 unspecified atom stereocenters. The van der Waals surface area contributed by atoms with E-state index in [9.17, 15) is 33.1 Å². The molecule has 3 fully saturated rings. The number of aryl methyl sites for hydroxylation is 1. The third-order valence-electron chi connectivity index (χ3n) is 17.0. The second-order valence-corrected chi connectivity index (χ2v) is 25.3. The second-order valence-electron chi connectivity index (χ2n) is 24.5. The largest absolute Gasteiger partial charge is 0.391 e. The minimum atomic E-state index is -0.803. The number of nitrogens with zero attached hydrogens (tertiary/aromatic N) is 5. The smallest absolute Gasteiger partial charge is 0.258 e. The molecule has 5 heterocycles. The molecule has 3 atom stereocenters. The molecule has 3 aliphatic heterocycles. The number of H-pyrrole nitrogens is 1. The molecule has 5 N–H and O–H groups in total. The van der Waals surface area contributed by atoms with Crippen LogP contribution in [0.5, 0.6) is 0 Å². The Hall–Kier alpha value is -6.60. The van der Waals surface area contributed by atoms with Crippen molar-refractivity contribution in [2.45, 2.75) is 155 Å². The number of β-amino-alcohol motifs (C(OH)–C–C–N with tert-alkyl or cyclic N) is 1. The molecule has 6 aromatic rings. The zero-order valence-corrected chi connectivity index (χ0v) is 50.3. The number of carbonyl (C=O) groups is 4. The minimum absolute atomic E-state index is 0.0747. The number of piperazine rings is 1. The first-order chi connectivity index (χ1) is 40.5. The highest BCUT2D eigenvalue weighted by Crippen LogP contribution is 2.35. The Kier molecular flexibility index (Phi) is 21.7. The fourth-order valence-electron chi connectivity index (χ4n) is 12.1. The Morgan fingerprint density at radius 1 is 0.810 bits per heavy atom. The van der Waals surface area contributed by atoms with Crippen LogP contribution in [0.3, 0.4) is 0 Å². The Labute approximate surface area is 497 Å². The van der Waals surface area contributed by atoms with E-state index in [0.29, 0.717) is 54.9 Å². The number of benzene rings is 4. The quantitative estimate of drug-likeness (QED) is 0.0309. The van der Waals surface area contributed by atoms with E-state index < -0.39 is 35.1 Å². The monoisotopic (exact) mass is 1170 g/mol. The van der Waals surface area contributed by atoms with Gasteiger partial charge in [0.05, 0.1) is 33.3 Å². The molecule has 0 saturated carbocycles. The van der Waals surface area contributed by atoms with Crippen molar-refractivity contribution >= 4 is 62.9 Å². The van der Waals surface area contributed by atoms with Crippen LogP contribution < -0.4 is 20.9 Å². The van der Waals surface area contributed by atoms with Crippen molar-refractivity contribution in [3.63, 3.8) is 0 Å². The molecule has 3 saturated heterocycles. The normalized spacial score (nSPS) is 17.4. The van der Waals surface area contributed by atoms with Gasteiger partial charge < -0.3 is 35.6 Å². The highest BCUT2D eigenvalue weighted by atomic mass is 32.1. The number of aliphatic hydroxyl groups is 1.